The van der Waals surface area contributed by atoms with Crippen molar-refractivity contribution in [3.05, 3.63) is 12.2 Å². The van der Waals surface area contributed by atoms with Crippen LogP contribution in [0.3, 0.4) is 0 Å². The van der Waals surface area contributed by atoms with Crippen LogP contribution in [0.15, 0.2) is 12.2 Å². The van der Waals surface area contributed by atoms with Crippen molar-refractivity contribution in [3.8, 4) is 0 Å². The van der Waals surface area contributed by atoms with Gasteiger partial charge in [0.1, 0.15) is 0 Å². The molecule has 0 spiro atoms. The maximum atomic E-state index is 10.2. The number of carbonyl (C=O) groups is 1. The van der Waals surface area contributed by atoms with Gasteiger partial charge >= 0.3 is 29.6 Å². The van der Waals surface area contributed by atoms with E-state index >= 15 is 0 Å². The van der Waals surface area contributed by atoms with E-state index in [-0.39, 0.29) is 36.0 Å². The molecule has 0 radical (unpaired) electrons. The Balaban J connectivity index is 0. The van der Waals surface area contributed by atoms with Gasteiger partial charge in [-0.05, 0) is 32.1 Å². The van der Waals surface area contributed by atoms with Crippen molar-refractivity contribution in [2.75, 3.05) is 0 Å². The first-order chi connectivity index (χ1) is 9.77. The predicted octanol–water partition coefficient (Wildman–Crippen LogP) is 1.78. The number of carbonyl (C=O) groups excluding carboxylic acids is 1. The van der Waals surface area contributed by atoms with Crippen molar-refractivity contribution in [2.24, 2.45) is 0 Å². The van der Waals surface area contributed by atoms with E-state index in [0.29, 0.717) is 0 Å². The Labute approximate surface area is 154 Å². The molecule has 0 N–H and O–H groups in total. The van der Waals surface area contributed by atoms with Crippen molar-refractivity contribution in [1.82, 2.24) is 0 Å². The van der Waals surface area contributed by atoms with Gasteiger partial charge in [-0.15, -0.1) is 0 Å². The molecule has 21 heavy (non-hydrogen) atoms. The monoisotopic (exact) mass is 304 g/mol. The molecule has 0 aliphatic rings. The second-order valence-electron chi connectivity index (χ2n) is 5.71. The first-order valence-corrected chi connectivity index (χ1v) is 8.62. The minimum absolute atomic E-state index is 0. The predicted molar refractivity (Wildman–Crippen MR) is 84.5 cm³/mol. The Bertz CT molecular complexity index is 239. The molecule has 0 aliphatic carbocycles. The van der Waals surface area contributed by atoms with Crippen LogP contribution in [0.2, 0.25) is 0 Å². The van der Waals surface area contributed by atoms with Crippen LogP contribution in [-0.2, 0) is 4.79 Å². The van der Waals surface area contributed by atoms with E-state index in [4.69, 9.17) is 0 Å². The maximum Gasteiger partial charge on any atom is 1.00 e. The molecule has 0 amide bonds. The normalized spacial score (nSPS) is 10.7. The Morgan fingerprint density at radius 3 is 1.67 bits per heavy atom. The minimum Gasteiger partial charge on any atom is -0.550 e. The van der Waals surface area contributed by atoms with Crippen molar-refractivity contribution in [2.45, 2.75) is 96.8 Å². The average molecular weight is 304 g/mol. The smallest absolute Gasteiger partial charge is 0.550 e. The fraction of sp³-hybridized carbons (Fsp3) is 0.833. The Morgan fingerprint density at radius 2 is 1.19 bits per heavy atom. The number of aliphatic carboxylic acids is 1. The molecule has 0 atom stereocenters. The molecule has 0 rings (SSSR count). The zero-order valence-corrected chi connectivity index (χ0v) is 16.4. The zero-order chi connectivity index (χ0) is 14.9. The molecule has 0 aromatic rings. The van der Waals surface area contributed by atoms with Crippen LogP contribution in [0.1, 0.15) is 96.8 Å². The average Bonchev–Trinajstić information content (AvgIpc) is 2.43. The van der Waals surface area contributed by atoms with Gasteiger partial charge in [0.25, 0.3) is 0 Å². The van der Waals surface area contributed by atoms with Crippen molar-refractivity contribution >= 4 is 5.97 Å². The molecule has 0 aliphatic heterocycles. The Morgan fingerprint density at radius 1 is 0.762 bits per heavy atom. The summed E-state index contributed by atoms with van der Waals surface area (Å²) < 4.78 is 0. The standard InChI is InChI=1S/C18H34O2.Na/c1-2-3-4-5-6-7-8-9-10-11-12-13-14-15-16-17-18(19)20;/h5-6H,2-4,7-17H2,1H3,(H,19,20);/q;+1/p-1/b6-5-;. The van der Waals surface area contributed by atoms with Gasteiger partial charge in [-0.25, -0.2) is 0 Å². The van der Waals surface area contributed by atoms with Crippen molar-refractivity contribution < 1.29 is 39.5 Å². The van der Waals surface area contributed by atoms with E-state index in [1.165, 1.54) is 70.6 Å². The van der Waals surface area contributed by atoms with Gasteiger partial charge in [0.15, 0.2) is 0 Å². The van der Waals surface area contributed by atoms with E-state index in [2.05, 4.69) is 19.1 Å². The third-order valence-corrected chi connectivity index (χ3v) is 3.64. The van der Waals surface area contributed by atoms with Crippen molar-refractivity contribution in [3.63, 3.8) is 0 Å². The summed E-state index contributed by atoms with van der Waals surface area (Å²) in [6.45, 7) is 2.23. The summed E-state index contributed by atoms with van der Waals surface area (Å²) in [6, 6.07) is 0. The molecule has 0 aromatic carbocycles. The maximum absolute atomic E-state index is 10.2. The zero-order valence-electron chi connectivity index (χ0n) is 14.4. The van der Waals surface area contributed by atoms with E-state index in [1.54, 1.807) is 0 Å². The first-order valence-electron chi connectivity index (χ1n) is 8.62. The molecule has 2 nitrogen and oxygen atoms in total. The van der Waals surface area contributed by atoms with E-state index in [0.717, 1.165) is 12.8 Å². The van der Waals surface area contributed by atoms with Gasteiger partial charge in [-0.3, -0.25) is 0 Å². The molecule has 118 valence electrons. The van der Waals surface area contributed by atoms with Gasteiger partial charge in [0, 0.05) is 5.97 Å². The summed E-state index contributed by atoms with van der Waals surface area (Å²) in [4.78, 5) is 10.2. The number of allylic oxidation sites excluding steroid dienone is 2. The van der Waals surface area contributed by atoms with Gasteiger partial charge < -0.3 is 9.90 Å². The number of hydrogen-bond donors (Lipinski definition) is 0. The molecule has 3 heteroatoms. The van der Waals surface area contributed by atoms with Gasteiger partial charge in [-0.2, -0.15) is 0 Å². The molecule has 0 bridgehead atoms. The molecule has 0 aromatic heterocycles. The van der Waals surface area contributed by atoms with Crippen LogP contribution in [0.4, 0.5) is 0 Å². The van der Waals surface area contributed by atoms with Crippen LogP contribution in [-0.4, -0.2) is 5.97 Å². The Kier molecular flexibility index (Phi) is 22.6. The Hall–Kier alpha value is 0.210. The fourth-order valence-corrected chi connectivity index (χ4v) is 2.33. The number of rotatable bonds is 15. The molecule has 0 saturated carbocycles. The van der Waals surface area contributed by atoms with Gasteiger partial charge in [0.2, 0.25) is 0 Å². The molecule has 0 heterocycles. The van der Waals surface area contributed by atoms with Gasteiger partial charge in [0.05, 0.1) is 0 Å². The number of carboxylic acid groups (broad SMARTS) is 1. The van der Waals surface area contributed by atoms with Crippen LogP contribution in [0, 0.1) is 0 Å². The van der Waals surface area contributed by atoms with Crippen molar-refractivity contribution in [1.29, 1.82) is 0 Å². The largest absolute Gasteiger partial charge is 1.00 e. The molecular weight excluding hydrogens is 271 g/mol. The summed E-state index contributed by atoms with van der Waals surface area (Å²) in [7, 11) is 0. The summed E-state index contributed by atoms with van der Waals surface area (Å²) in [5.41, 5.74) is 0. The number of hydrogen-bond acceptors (Lipinski definition) is 2. The summed E-state index contributed by atoms with van der Waals surface area (Å²) in [6.07, 6.45) is 20.9. The van der Waals surface area contributed by atoms with E-state index in [1.807, 2.05) is 0 Å². The summed E-state index contributed by atoms with van der Waals surface area (Å²) in [5, 5.41) is 10.2. The molecular formula is C18H33NaO2. The fourth-order valence-electron chi connectivity index (χ4n) is 2.33. The summed E-state index contributed by atoms with van der Waals surface area (Å²) in [5.74, 6) is -0.909. The quantitative estimate of drug-likeness (QED) is 0.263. The summed E-state index contributed by atoms with van der Waals surface area (Å²) >= 11 is 0. The number of carboxylic acids is 1. The van der Waals surface area contributed by atoms with E-state index in [9.17, 15) is 9.90 Å². The molecule has 0 unspecified atom stereocenters. The minimum atomic E-state index is -0.909. The SMILES string of the molecule is CCCC/C=C\CCCCCCCCCCCC(=O)[O-].[Na+]. The van der Waals surface area contributed by atoms with E-state index < -0.39 is 5.97 Å². The number of unbranched alkanes of at least 4 members (excludes halogenated alkanes) is 11. The molecule has 0 fully saturated rings. The molecule has 0 saturated heterocycles. The van der Waals surface area contributed by atoms with Crippen LogP contribution in [0.5, 0.6) is 0 Å². The second-order valence-corrected chi connectivity index (χ2v) is 5.71. The topological polar surface area (TPSA) is 40.1 Å². The third-order valence-electron chi connectivity index (χ3n) is 3.64. The van der Waals surface area contributed by atoms with Gasteiger partial charge in [-0.1, -0.05) is 76.9 Å². The third kappa shape index (κ3) is 22.6. The van der Waals surface area contributed by atoms with Crippen LogP contribution in [0.25, 0.3) is 0 Å². The van der Waals surface area contributed by atoms with Crippen LogP contribution >= 0.6 is 0 Å². The van der Waals surface area contributed by atoms with Crippen LogP contribution < -0.4 is 34.7 Å². The first kappa shape index (κ1) is 23.5. The second kappa shape index (κ2) is 20.2.